The number of rotatable bonds is 9. The number of methoxy groups -OCH3 is 3. The van der Waals surface area contributed by atoms with E-state index in [0.29, 0.717) is 23.7 Å². The molecule has 1 aromatic rings. The van der Waals surface area contributed by atoms with E-state index < -0.39 is 12.0 Å². The second kappa shape index (κ2) is 9.76. The van der Waals surface area contributed by atoms with Crippen LogP contribution in [0.2, 0.25) is 0 Å². The predicted molar refractivity (Wildman–Crippen MR) is 93.3 cm³/mol. The first-order valence-electron chi connectivity index (χ1n) is 8.10. The lowest BCUT2D eigenvalue weighted by Gasteiger charge is -2.23. The van der Waals surface area contributed by atoms with Crippen LogP contribution in [0.25, 0.3) is 0 Å². The first-order chi connectivity index (χ1) is 11.9. The van der Waals surface area contributed by atoms with Gasteiger partial charge < -0.3 is 23.8 Å². The van der Waals surface area contributed by atoms with Crippen LogP contribution in [0.1, 0.15) is 25.8 Å². The van der Waals surface area contributed by atoms with E-state index in [-0.39, 0.29) is 18.9 Å². The van der Waals surface area contributed by atoms with E-state index >= 15 is 0 Å². The van der Waals surface area contributed by atoms with E-state index in [0.717, 1.165) is 5.56 Å². The second-order valence-electron chi connectivity index (χ2n) is 5.47. The van der Waals surface area contributed by atoms with Gasteiger partial charge in [0.25, 0.3) is 0 Å². The molecule has 0 aliphatic heterocycles. The summed E-state index contributed by atoms with van der Waals surface area (Å²) >= 11 is 0. The van der Waals surface area contributed by atoms with Crippen LogP contribution in [0.4, 0.5) is 0 Å². The molecule has 7 heteroatoms. The van der Waals surface area contributed by atoms with Gasteiger partial charge in [0.1, 0.15) is 6.04 Å². The van der Waals surface area contributed by atoms with Crippen molar-refractivity contribution in [1.82, 2.24) is 4.90 Å². The fourth-order valence-electron chi connectivity index (χ4n) is 2.34. The fraction of sp³-hybridized carbons (Fsp3) is 0.556. The molecule has 0 saturated heterocycles. The van der Waals surface area contributed by atoms with Crippen LogP contribution in [0.15, 0.2) is 12.1 Å². The molecular formula is C18H27NO6. The molecule has 0 radical (unpaired) electrons. The van der Waals surface area contributed by atoms with Crippen molar-refractivity contribution in [2.75, 3.05) is 35.0 Å². The molecule has 0 saturated carbocycles. The molecule has 0 N–H and O–H groups in total. The average Bonchev–Trinajstić information content (AvgIpc) is 2.63. The van der Waals surface area contributed by atoms with Crippen molar-refractivity contribution in [3.63, 3.8) is 0 Å². The molecule has 25 heavy (non-hydrogen) atoms. The minimum Gasteiger partial charge on any atom is -0.493 e. The van der Waals surface area contributed by atoms with Crippen LogP contribution in [-0.2, 0) is 20.7 Å². The van der Waals surface area contributed by atoms with Crippen LogP contribution in [0.3, 0.4) is 0 Å². The molecule has 0 heterocycles. The number of amides is 1. The Hall–Kier alpha value is -2.44. The zero-order chi connectivity index (χ0) is 19.0. The Morgan fingerprint density at radius 1 is 1.08 bits per heavy atom. The lowest BCUT2D eigenvalue weighted by atomic mass is 10.1. The van der Waals surface area contributed by atoms with Crippen molar-refractivity contribution in [2.45, 2.75) is 32.7 Å². The van der Waals surface area contributed by atoms with Gasteiger partial charge in [0.05, 0.1) is 27.9 Å². The van der Waals surface area contributed by atoms with Gasteiger partial charge in [-0.05, 0) is 38.0 Å². The Balaban J connectivity index is 2.80. The summed E-state index contributed by atoms with van der Waals surface area (Å²) in [5.74, 6) is 1.03. The highest BCUT2D eigenvalue weighted by atomic mass is 16.5. The normalized spacial score (nSPS) is 11.4. The monoisotopic (exact) mass is 353 g/mol. The molecule has 1 atom stereocenters. The molecular weight excluding hydrogens is 326 g/mol. The first kappa shape index (κ1) is 20.6. The standard InChI is InChI=1S/C18H27NO6/c1-7-25-18(21)12(2)19(3)16(20)9-8-13-10-14(22-4)17(24-6)15(11-13)23-5/h10-12H,7-9H2,1-6H3/t12-/m1/s1. The largest absolute Gasteiger partial charge is 0.493 e. The number of aryl methyl sites for hydroxylation is 1. The number of ether oxygens (including phenoxy) is 4. The smallest absolute Gasteiger partial charge is 0.328 e. The molecule has 0 spiro atoms. The topological polar surface area (TPSA) is 74.3 Å². The second-order valence-corrected chi connectivity index (χ2v) is 5.47. The van der Waals surface area contributed by atoms with Crippen molar-refractivity contribution in [2.24, 2.45) is 0 Å². The summed E-state index contributed by atoms with van der Waals surface area (Å²) in [5.41, 5.74) is 0.875. The van der Waals surface area contributed by atoms with Crippen LogP contribution >= 0.6 is 0 Å². The van der Waals surface area contributed by atoms with Gasteiger partial charge >= 0.3 is 5.97 Å². The van der Waals surface area contributed by atoms with Crippen LogP contribution in [0.5, 0.6) is 17.2 Å². The van der Waals surface area contributed by atoms with E-state index in [9.17, 15) is 9.59 Å². The molecule has 0 bridgehead atoms. The third-order valence-electron chi connectivity index (χ3n) is 3.95. The number of esters is 1. The molecule has 1 amide bonds. The van der Waals surface area contributed by atoms with Gasteiger partial charge in [0.15, 0.2) is 11.5 Å². The molecule has 7 nitrogen and oxygen atoms in total. The summed E-state index contributed by atoms with van der Waals surface area (Å²) in [6.07, 6.45) is 0.730. The van der Waals surface area contributed by atoms with Crippen LogP contribution < -0.4 is 14.2 Å². The maximum absolute atomic E-state index is 12.3. The highest BCUT2D eigenvalue weighted by Crippen LogP contribution is 2.38. The molecule has 1 rings (SSSR count). The summed E-state index contributed by atoms with van der Waals surface area (Å²) in [4.78, 5) is 25.5. The molecule has 140 valence electrons. The Morgan fingerprint density at radius 2 is 1.64 bits per heavy atom. The Bertz CT molecular complexity index is 576. The van der Waals surface area contributed by atoms with Gasteiger partial charge in [0.2, 0.25) is 11.7 Å². The molecule has 0 aliphatic carbocycles. The summed E-state index contributed by atoms with van der Waals surface area (Å²) in [7, 11) is 6.22. The highest BCUT2D eigenvalue weighted by Gasteiger charge is 2.23. The van der Waals surface area contributed by atoms with E-state index in [2.05, 4.69) is 0 Å². The number of likely N-dealkylation sites (N-methyl/N-ethyl adjacent to an activating group) is 1. The lowest BCUT2D eigenvalue weighted by Crippen LogP contribution is -2.41. The van der Waals surface area contributed by atoms with E-state index in [1.54, 1.807) is 35.1 Å². The molecule has 0 aromatic heterocycles. The summed E-state index contributed by atoms with van der Waals surface area (Å²) in [6, 6.07) is 3.00. The maximum atomic E-state index is 12.3. The number of nitrogens with zero attached hydrogens (tertiary/aromatic N) is 1. The quantitative estimate of drug-likeness (QED) is 0.633. The van der Waals surface area contributed by atoms with Gasteiger partial charge in [-0.2, -0.15) is 0 Å². The van der Waals surface area contributed by atoms with E-state index in [1.807, 2.05) is 12.1 Å². The van der Waals surface area contributed by atoms with Crippen molar-refractivity contribution in [3.05, 3.63) is 17.7 Å². The molecule has 0 unspecified atom stereocenters. The Morgan fingerprint density at radius 3 is 2.08 bits per heavy atom. The highest BCUT2D eigenvalue weighted by molar-refractivity contribution is 5.84. The van der Waals surface area contributed by atoms with Crippen molar-refractivity contribution in [3.8, 4) is 17.2 Å². The Kier molecular flexibility index (Phi) is 8.04. The van der Waals surface area contributed by atoms with Crippen molar-refractivity contribution < 1.29 is 28.5 Å². The van der Waals surface area contributed by atoms with Gasteiger partial charge in [-0.25, -0.2) is 4.79 Å². The predicted octanol–water partition coefficient (Wildman–Crippen LogP) is 2.05. The van der Waals surface area contributed by atoms with Gasteiger partial charge in [-0.1, -0.05) is 0 Å². The molecule has 0 fully saturated rings. The average molecular weight is 353 g/mol. The van der Waals surface area contributed by atoms with Gasteiger partial charge in [-0.15, -0.1) is 0 Å². The number of benzene rings is 1. The number of hydrogen-bond donors (Lipinski definition) is 0. The third kappa shape index (κ3) is 5.27. The summed E-state index contributed by atoms with van der Waals surface area (Å²) in [6.45, 7) is 3.67. The first-order valence-corrected chi connectivity index (χ1v) is 8.10. The third-order valence-corrected chi connectivity index (χ3v) is 3.95. The number of carbonyl (C=O) groups is 2. The van der Waals surface area contributed by atoms with E-state index in [1.165, 1.54) is 12.0 Å². The molecule has 1 aromatic carbocycles. The number of carbonyl (C=O) groups excluding carboxylic acids is 2. The van der Waals surface area contributed by atoms with Crippen LogP contribution in [-0.4, -0.2) is 57.8 Å². The minimum atomic E-state index is -0.618. The van der Waals surface area contributed by atoms with E-state index in [4.69, 9.17) is 18.9 Å². The SMILES string of the molecule is CCOC(=O)[C@@H](C)N(C)C(=O)CCc1cc(OC)c(OC)c(OC)c1. The summed E-state index contributed by atoms with van der Waals surface area (Å²) < 4.78 is 20.8. The van der Waals surface area contributed by atoms with Crippen molar-refractivity contribution >= 4 is 11.9 Å². The Labute approximate surface area is 148 Å². The minimum absolute atomic E-state index is 0.144. The van der Waals surface area contributed by atoms with Gasteiger partial charge in [-0.3, -0.25) is 4.79 Å². The zero-order valence-corrected chi connectivity index (χ0v) is 15.8. The number of hydrogen-bond acceptors (Lipinski definition) is 6. The fourth-order valence-corrected chi connectivity index (χ4v) is 2.34. The van der Waals surface area contributed by atoms with Crippen LogP contribution in [0, 0.1) is 0 Å². The lowest BCUT2D eigenvalue weighted by molar-refractivity contribution is -0.153. The summed E-state index contributed by atoms with van der Waals surface area (Å²) in [5, 5.41) is 0. The zero-order valence-electron chi connectivity index (χ0n) is 15.8. The maximum Gasteiger partial charge on any atom is 0.328 e. The molecule has 0 aliphatic rings. The van der Waals surface area contributed by atoms with Gasteiger partial charge in [0, 0.05) is 13.5 Å². The van der Waals surface area contributed by atoms with Crippen molar-refractivity contribution in [1.29, 1.82) is 0 Å².